The minimum absolute atomic E-state index is 0.369. The van der Waals surface area contributed by atoms with Gasteiger partial charge < -0.3 is 4.43 Å². The Balaban J connectivity index is 2.03. The Morgan fingerprint density at radius 2 is 1.67 bits per heavy atom. The van der Waals surface area contributed by atoms with Gasteiger partial charge in [-0.1, -0.05) is 19.3 Å². The summed E-state index contributed by atoms with van der Waals surface area (Å²) >= 11 is 0. The van der Waals surface area contributed by atoms with Gasteiger partial charge in [0, 0.05) is 0 Å². The molecule has 1 nitrogen and oxygen atoms in total. The lowest BCUT2D eigenvalue weighted by Crippen LogP contribution is -2.36. The summed E-state index contributed by atoms with van der Waals surface area (Å²) in [5.74, 6) is 0. The highest BCUT2D eigenvalue weighted by molar-refractivity contribution is 6.71. The van der Waals surface area contributed by atoms with Gasteiger partial charge in [0.2, 0.25) is 0 Å². The Kier molecular flexibility index (Phi) is 2.08. The molecule has 0 radical (unpaired) electrons. The second-order valence-electron chi connectivity index (χ2n) is 5.11. The minimum Gasteiger partial charge on any atom is -0.412 e. The molecule has 0 bridgehead atoms. The van der Waals surface area contributed by atoms with Crippen LogP contribution in [0.2, 0.25) is 19.1 Å². The van der Waals surface area contributed by atoms with Gasteiger partial charge in [0.1, 0.15) is 0 Å². The summed E-state index contributed by atoms with van der Waals surface area (Å²) in [4.78, 5) is 0. The van der Waals surface area contributed by atoms with Crippen molar-refractivity contribution in [1.82, 2.24) is 0 Å². The molecule has 0 atom stereocenters. The molecule has 1 saturated carbocycles. The first-order valence-corrected chi connectivity index (χ1v) is 8.44. The van der Waals surface area contributed by atoms with Crippen LogP contribution in [0, 0.1) is 0 Å². The zero-order valence-corrected chi connectivity index (χ0v) is 9.36. The quantitative estimate of drug-likeness (QED) is 0.525. The zero-order chi connectivity index (χ0) is 8.66. The summed E-state index contributed by atoms with van der Waals surface area (Å²) in [5, 5.41) is 0. The van der Waals surface area contributed by atoms with Crippen molar-refractivity contribution in [2.45, 2.75) is 63.3 Å². The summed E-state index contributed by atoms with van der Waals surface area (Å²) in [6, 6.07) is 1.40. The number of hydrogen-bond donors (Lipinski definition) is 0. The molecule has 2 rings (SSSR count). The summed E-state index contributed by atoms with van der Waals surface area (Å²) in [5.41, 5.74) is 0.369. The smallest absolute Gasteiger partial charge is 0.187 e. The van der Waals surface area contributed by atoms with Crippen molar-refractivity contribution in [3.63, 3.8) is 0 Å². The molecule has 1 spiro atoms. The van der Waals surface area contributed by atoms with Gasteiger partial charge in [0.25, 0.3) is 0 Å². The molecule has 2 heteroatoms. The lowest BCUT2D eigenvalue weighted by Gasteiger charge is -2.35. The fourth-order valence-electron chi connectivity index (χ4n) is 2.77. The highest BCUT2D eigenvalue weighted by Crippen LogP contribution is 2.44. The van der Waals surface area contributed by atoms with Crippen LogP contribution >= 0.6 is 0 Å². The maximum Gasteiger partial charge on any atom is 0.187 e. The van der Waals surface area contributed by atoms with Crippen LogP contribution in [0.15, 0.2) is 0 Å². The molecule has 12 heavy (non-hydrogen) atoms. The van der Waals surface area contributed by atoms with Crippen molar-refractivity contribution in [1.29, 1.82) is 0 Å². The van der Waals surface area contributed by atoms with E-state index in [2.05, 4.69) is 13.1 Å². The first kappa shape index (κ1) is 8.76. The van der Waals surface area contributed by atoms with Crippen LogP contribution in [-0.4, -0.2) is 13.9 Å². The van der Waals surface area contributed by atoms with Crippen LogP contribution in [0.4, 0.5) is 0 Å². The standard InChI is InChI=1S/C10H20OSi/c1-12(2)9-8-10(11-12)6-4-3-5-7-10/h3-9H2,1-2H3. The van der Waals surface area contributed by atoms with E-state index in [0.29, 0.717) is 5.60 Å². The Labute approximate surface area is 76.6 Å². The summed E-state index contributed by atoms with van der Waals surface area (Å²) in [7, 11) is -1.20. The Bertz CT molecular complexity index is 171. The van der Waals surface area contributed by atoms with Gasteiger partial charge in [-0.15, -0.1) is 0 Å². The van der Waals surface area contributed by atoms with E-state index < -0.39 is 8.32 Å². The fourth-order valence-corrected chi connectivity index (χ4v) is 5.40. The average molecular weight is 184 g/mol. The van der Waals surface area contributed by atoms with E-state index in [1.165, 1.54) is 44.6 Å². The van der Waals surface area contributed by atoms with Gasteiger partial charge >= 0.3 is 0 Å². The SMILES string of the molecule is C[Si]1(C)CCC2(CCCCC2)O1. The van der Waals surface area contributed by atoms with E-state index in [0.717, 1.165) is 0 Å². The second-order valence-corrected chi connectivity index (χ2v) is 9.33. The molecule has 70 valence electrons. The monoisotopic (exact) mass is 184 g/mol. The molecule has 2 aliphatic rings. The highest BCUT2D eigenvalue weighted by Gasteiger charge is 2.45. The fraction of sp³-hybridized carbons (Fsp3) is 1.00. The molecular weight excluding hydrogens is 164 g/mol. The van der Waals surface area contributed by atoms with Gasteiger partial charge in [-0.2, -0.15) is 0 Å². The summed E-state index contributed by atoms with van der Waals surface area (Å²) in [6.45, 7) is 4.74. The first-order chi connectivity index (χ1) is 5.62. The van der Waals surface area contributed by atoms with Gasteiger partial charge in [0.15, 0.2) is 8.32 Å². The van der Waals surface area contributed by atoms with Crippen LogP contribution < -0.4 is 0 Å². The Morgan fingerprint density at radius 1 is 1.00 bits per heavy atom. The normalized spacial score (nSPS) is 32.5. The zero-order valence-electron chi connectivity index (χ0n) is 8.36. The maximum atomic E-state index is 6.32. The van der Waals surface area contributed by atoms with Crippen LogP contribution in [0.1, 0.15) is 38.5 Å². The second kappa shape index (κ2) is 2.84. The van der Waals surface area contributed by atoms with Crippen molar-refractivity contribution in [3.05, 3.63) is 0 Å². The molecule has 0 aromatic rings. The van der Waals surface area contributed by atoms with Crippen molar-refractivity contribution in [3.8, 4) is 0 Å². The third-order valence-corrected chi connectivity index (χ3v) is 5.88. The van der Waals surface area contributed by atoms with Crippen molar-refractivity contribution in [2.75, 3.05) is 0 Å². The molecule has 2 fully saturated rings. The lowest BCUT2D eigenvalue weighted by atomic mass is 9.83. The van der Waals surface area contributed by atoms with Gasteiger partial charge in [0.05, 0.1) is 5.60 Å². The van der Waals surface area contributed by atoms with E-state index in [1.807, 2.05) is 0 Å². The third-order valence-electron chi connectivity index (χ3n) is 3.44. The van der Waals surface area contributed by atoms with E-state index in [1.54, 1.807) is 0 Å². The van der Waals surface area contributed by atoms with Crippen LogP contribution in [0.5, 0.6) is 0 Å². The van der Waals surface area contributed by atoms with Crippen molar-refractivity contribution >= 4 is 8.32 Å². The molecule has 1 aliphatic heterocycles. The molecule has 1 heterocycles. The molecule has 1 aliphatic carbocycles. The Morgan fingerprint density at radius 3 is 2.17 bits per heavy atom. The molecule has 0 N–H and O–H groups in total. The van der Waals surface area contributed by atoms with Crippen LogP contribution in [0.25, 0.3) is 0 Å². The predicted octanol–water partition coefficient (Wildman–Crippen LogP) is 3.31. The third kappa shape index (κ3) is 1.60. The predicted molar refractivity (Wildman–Crippen MR) is 53.8 cm³/mol. The molecule has 0 amide bonds. The van der Waals surface area contributed by atoms with E-state index in [9.17, 15) is 0 Å². The average Bonchev–Trinajstić information content (AvgIpc) is 2.29. The molecular formula is C10H20OSi. The van der Waals surface area contributed by atoms with Gasteiger partial charge in [-0.3, -0.25) is 0 Å². The highest BCUT2D eigenvalue weighted by atomic mass is 28.4. The molecule has 0 unspecified atom stereocenters. The van der Waals surface area contributed by atoms with Crippen LogP contribution in [0.3, 0.4) is 0 Å². The number of rotatable bonds is 0. The van der Waals surface area contributed by atoms with Gasteiger partial charge in [-0.25, -0.2) is 0 Å². The maximum absolute atomic E-state index is 6.32. The summed E-state index contributed by atoms with van der Waals surface area (Å²) in [6.07, 6.45) is 8.32. The van der Waals surface area contributed by atoms with E-state index >= 15 is 0 Å². The molecule has 0 aromatic carbocycles. The lowest BCUT2D eigenvalue weighted by molar-refractivity contribution is 0.0438. The minimum atomic E-state index is -1.20. The summed E-state index contributed by atoms with van der Waals surface area (Å²) < 4.78 is 6.32. The van der Waals surface area contributed by atoms with E-state index in [4.69, 9.17) is 4.43 Å². The van der Waals surface area contributed by atoms with E-state index in [-0.39, 0.29) is 0 Å². The largest absolute Gasteiger partial charge is 0.412 e. The van der Waals surface area contributed by atoms with Crippen LogP contribution in [-0.2, 0) is 4.43 Å². The van der Waals surface area contributed by atoms with Crippen molar-refractivity contribution in [2.24, 2.45) is 0 Å². The first-order valence-electron chi connectivity index (χ1n) is 5.32. The Hall–Kier alpha value is 0.177. The van der Waals surface area contributed by atoms with Crippen molar-refractivity contribution < 1.29 is 4.43 Å². The van der Waals surface area contributed by atoms with Gasteiger partial charge in [-0.05, 0) is 38.4 Å². The molecule has 1 saturated heterocycles. The number of hydrogen-bond acceptors (Lipinski definition) is 1. The topological polar surface area (TPSA) is 9.23 Å². The molecule has 0 aromatic heterocycles.